The van der Waals surface area contributed by atoms with Crippen LogP contribution in [0.1, 0.15) is 25.0 Å². The number of fused-ring (bicyclic) bond motifs is 10. The highest BCUT2D eigenvalue weighted by molar-refractivity contribution is 7.26. The molecule has 0 fully saturated rings. The Morgan fingerprint density at radius 3 is 1.38 bits per heavy atom. The Kier molecular flexibility index (Phi) is 11.0. The number of anilines is 6. The van der Waals surface area contributed by atoms with Crippen LogP contribution in [-0.4, -0.2) is 16.1 Å². The maximum Gasteiger partial charge on any atom is 0.0775 e. The van der Waals surface area contributed by atoms with Gasteiger partial charge in [-0.2, -0.15) is 0 Å². The highest BCUT2D eigenvalue weighted by Gasteiger charge is 2.37. The normalized spacial score (nSPS) is 13.3. The number of rotatable bonds is 9. The average molecular weight is 1060 g/mol. The first-order chi connectivity index (χ1) is 37.2. The Balaban J connectivity index is 1.01. The molecule has 0 radical (unpaired) electrons. The summed E-state index contributed by atoms with van der Waals surface area (Å²) in [6.07, 6.45) is 0. The van der Waals surface area contributed by atoms with Gasteiger partial charge in [-0.25, -0.2) is 0 Å². The Morgan fingerprint density at radius 1 is 0.351 bits per heavy atom. The van der Waals surface area contributed by atoms with Crippen LogP contribution in [0.25, 0.3) is 84.1 Å². The number of benzene rings is 11. The van der Waals surface area contributed by atoms with Gasteiger partial charge in [-0.1, -0.05) is 209 Å². The molecule has 2 heterocycles. The van der Waals surface area contributed by atoms with Crippen molar-refractivity contribution >= 4 is 145 Å². The minimum Gasteiger partial charge on any atom is -0.309 e. The van der Waals surface area contributed by atoms with Crippen molar-refractivity contribution in [1.29, 1.82) is 0 Å². The van der Waals surface area contributed by atoms with Gasteiger partial charge in [0.25, 0.3) is 0 Å². The third-order valence-electron chi connectivity index (χ3n) is 16.6. The van der Waals surface area contributed by atoms with Gasteiger partial charge in [0, 0.05) is 59.1 Å². The lowest BCUT2D eigenvalue weighted by molar-refractivity contribution is 0.645. The first-order valence-electron chi connectivity index (χ1n) is 27.1. The van der Waals surface area contributed by atoms with Gasteiger partial charge in [-0.3, -0.25) is 0 Å². The maximum atomic E-state index is 2.53. The third kappa shape index (κ3) is 7.67. The van der Waals surface area contributed by atoms with E-state index in [4.69, 9.17) is 0 Å². The Hall–Kier alpha value is -7.59. The molecule has 0 N–H and O–H groups in total. The van der Waals surface area contributed by atoms with Crippen molar-refractivity contribution in [2.24, 2.45) is 0 Å². The van der Waals surface area contributed by atoms with E-state index in [2.05, 4.69) is 281 Å². The lowest BCUT2D eigenvalue weighted by Gasteiger charge is -2.38. The van der Waals surface area contributed by atoms with E-state index in [-0.39, 0.29) is 5.41 Å². The first kappa shape index (κ1) is 47.8. The fraction of sp³-hybridized carbons (Fsp3) is 0.127. The minimum atomic E-state index is -1.55. The van der Waals surface area contributed by atoms with Crippen LogP contribution in [0, 0.1) is 0 Å². The largest absolute Gasteiger partial charge is 0.309 e. The SMILES string of the molecule is CC1(C)c2cc(N(c3ccc([Si](C)(C)C)cc3)c3cccc4c3sc3ccccc34)ccc2-c2c(-c3ccccc3)c3ccc(N(c4ccc([Si](C)(C)C)cc4)c4cccc5c4sc4ccccc45)cc3c3cccc1c23. The zero-order valence-corrected chi connectivity index (χ0v) is 48.6. The van der Waals surface area contributed by atoms with E-state index in [1.54, 1.807) is 0 Å². The predicted octanol–water partition coefficient (Wildman–Crippen LogP) is 20.7. The summed E-state index contributed by atoms with van der Waals surface area (Å²) in [6.45, 7) is 19.5. The van der Waals surface area contributed by atoms with Gasteiger partial charge >= 0.3 is 0 Å². The fourth-order valence-corrected chi connectivity index (χ4v) is 17.3. The van der Waals surface area contributed by atoms with E-state index in [0.717, 1.165) is 17.1 Å². The molecule has 0 atom stereocenters. The highest BCUT2D eigenvalue weighted by Crippen LogP contribution is 2.57. The van der Waals surface area contributed by atoms with Crippen LogP contribution >= 0.6 is 22.7 Å². The van der Waals surface area contributed by atoms with Gasteiger partial charge in [0.15, 0.2) is 0 Å². The van der Waals surface area contributed by atoms with Crippen molar-refractivity contribution in [3.8, 4) is 22.3 Å². The zero-order valence-electron chi connectivity index (χ0n) is 45.0. The molecule has 374 valence electrons. The molecular formula is C71H60N2S2Si2. The van der Waals surface area contributed by atoms with E-state index in [1.165, 1.54) is 123 Å². The second-order valence-electron chi connectivity index (χ2n) is 23.7. The summed E-state index contributed by atoms with van der Waals surface area (Å²) in [5.74, 6) is 0. The average Bonchev–Trinajstić information content (AvgIpc) is 4.22. The summed E-state index contributed by atoms with van der Waals surface area (Å²) in [7, 11) is -3.09. The number of hydrogen-bond acceptors (Lipinski definition) is 4. The molecule has 1 aliphatic carbocycles. The highest BCUT2D eigenvalue weighted by atomic mass is 32.1. The van der Waals surface area contributed by atoms with Crippen LogP contribution in [0.5, 0.6) is 0 Å². The molecule has 0 aliphatic heterocycles. The molecule has 0 spiro atoms. The van der Waals surface area contributed by atoms with Crippen molar-refractivity contribution in [2.45, 2.75) is 58.5 Å². The molecule has 77 heavy (non-hydrogen) atoms. The summed E-state index contributed by atoms with van der Waals surface area (Å²) in [4.78, 5) is 5.05. The summed E-state index contributed by atoms with van der Waals surface area (Å²) >= 11 is 3.79. The monoisotopic (exact) mass is 1060 g/mol. The lowest BCUT2D eigenvalue weighted by atomic mass is 9.66. The molecule has 0 unspecified atom stereocenters. The molecule has 13 aromatic rings. The van der Waals surface area contributed by atoms with Gasteiger partial charge in [0.1, 0.15) is 0 Å². The van der Waals surface area contributed by atoms with Crippen LogP contribution < -0.4 is 20.2 Å². The molecule has 0 bridgehead atoms. The zero-order chi connectivity index (χ0) is 52.5. The van der Waals surface area contributed by atoms with Crippen molar-refractivity contribution in [3.05, 3.63) is 230 Å². The van der Waals surface area contributed by atoms with E-state index >= 15 is 0 Å². The van der Waals surface area contributed by atoms with E-state index in [1.807, 2.05) is 22.7 Å². The Morgan fingerprint density at radius 2 is 0.818 bits per heavy atom. The summed E-state index contributed by atoms with van der Waals surface area (Å²) in [6, 6.07) is 83.4. The van der Waals surface area contributed by atoms with Crippen LogP contribution in [0.3, 0.4) is 0 Å². The Labute approximate surface area is 462 Å². The van der Waals surface area contributed by atoms with E-state index in [0.29, 0.717) is 0 Å². The quantitative estimate of drug-likeness (QED) is 0.105. The molecular weight excluding hydrogens is 1000 g/mol. The number of thiophene rings is 2. The van der Waals surface area contributed by atoms with Crippen LogP contribution in [0.15, 0.2) is 218 Å². The molecule has 2 nitrogen and oxygen atoms in total. The van der Waals surface area contributed by atoms with Crippen molar-refractivity contribution < 1.29 is 0 Å². The topological polar surface area (TPSA) is 6.48 Å². The molecule has 14 rings (SSSR count). The number of hydrogen-bond donors (Lipinski definition) is 0. The van der Waals surface area contributed by atoms with Gasteiger partial charge in [0.05, 0.1) is 36.9 Å². The molecule has 0 saturated heterocycles. The first-order valence-corrected chi connectivity index (χ1v) is 35.7. The van der Waals surface area contributed by atoms with Gasteiger partial charge < -0.3 is 9.80 Å². The Bertz CT molecular complexity index is 4500. The third-order valence-corrected chi connectivity index (χ3v) is 23.1. The molecule has 2 aromatic heterocycles. The molecule has 1 aliphatic rings. The molecule has 11 aromatic carbocycles. The summed E-state index contributed by atoms with van der Waals surface area (Å²) in [5.41, 5.74) is 14.5. The summed E-state index contributed by atoms with van der Waals surface area (Å²) in [5, 5.41) is 13.3. The smallest absolute Gasteiger partial charge is 0.0775 e. The van der Waals surface area contributed by atoms with Crippen molar-refractivity contribution in [1.82, 2.24) is 0 Å². The van der Waals surface area contributed by atoms with Gasteiger partial charge in [-0.15, -0.1) is 22.7 Å². The standard InChI is InChI=1S/C71H60N2S2Si2/c1-71(2)60-26-16-23-54-59-43-48(72(46-31-37-50(38-32-46)76(3,4)5)62-27-17-24-56-52-21-12-14-29-64(52)74-69(56)62)35-41-55(59)66(45-19-10-9-11-20-45)68(67(54)60)58-42-36-49(44-61(58)71)73(47-33-39-51(40-34-47)77(6,7)8)63-28-18-25-57-53-22-13-15-30-65(53)75-70(57)63/h9-44H,1-8H3. The maximum absolute atomic E-state index is 2.53. The van der Waals surface area contributed by atoms with E-state index < -0.39 is 16.1 Å². The van der Waals surface area contributed by atoms with Crippen LogP contribution in [0.4, 0.5) is 34.1 Å². The van der Waals surface area contributed by atoms with E-state index in [9.17, 15) is 0 Å². The fourth-order valence-electron chi connectivity index (χ4n) is 12.6. The lowest BCUT2D eigenvalue weighted by Crippen LogP contribution is -2.37. The van der Waals surface area contributed by atoms with Crippen molar-refractivity contribution in [2.75, 3.05) is 9.80 Å². The summed E-state index contributed by atoms with van der Waals surface area (Å²) < 4.78 is 5.22. The second kappa shape index (κ2) is 17.7. The van der Waals surface area contributed by atoms with Gasteiger partial charge in [-0.05, 0) is 128 Å². The molecule has 6 heteroatoms. The molecule has 0 saturated carbocycles. The van der Waals surface area contributed by atoms with Gasteiger partial charge in [0.2, 0.25) is 0 Å². The number of nitrogens with zero attached hydrogens (tertiary/aromatic N) is 2. The van der Waals surface area contributed by atoms with Crippen LogP contribution in [-0.2, 0) is 5.41 Å². The second-order valence-corrected chi connectivity index (χ2v) is 36.0. The van der Waals surface area contributed by atoms with Crippen molar-refractivity contribution in [3.63, 3.8) is 0 Å². The van der Waals surface area contributed by atoms with Crippen LogP contribution in [0.2, 0.25) is 39.3 Å². The minimum absolute atomic E-state index is 0.338. The predicted molar refractivity (Wildman–Crippen MR) is 346 cm³/mol. The molecule has 0 amide bonds.